The summed E-state index contributed by atoms with van der Waals surface area (Å²) in [5.41, 5.74) is 2.12. The van der Waals surface area contributed by atoms with Crippen LogP contribution in [0, 0.1) is 6.92 Å². The van der Waals surface area contributed by atoms with Crippen LogP contribution in [0.15, 0.2) is 18.2 Å². The number of benzene rings is 1. The topological polar surface area (TPSA) is 59.6 Å². The van der Waals surface area contributed by atoms with Crippen LogP contribution in [-0.4, -0.2) is 31.4 Å². The van der Waals surface area contributed by atoms with Crippen molar-refractivity contribution in [3.05, 3.63) is 29.3 Å². The highest BCUT2D eigenvalue weighted by molar-refractivity contribution is 5.74. The molecule has 1 fully saturated rings. The van der Waals surface area contributed by atoms with Crippen LogP contribution in [0.4, 0.5) is 4.79 Å². The van der Waals surface area contributed by atoms with Gasteiger partial charge in [0.2, 0.25) is 0 Å². The van der Waals surface area contributed by atoms with E-state index in [4.69, 9.17) is 9.47 Å². The lowest BCUT2D eigenvalue weighted by Gasteiger charge is -2.17. The molecule has 0 aromatic heterocycles. The molecule has 22 heavy (non-hydrogen) atoms. The average molecular weight is 306 g/mol. The second-order valence-corrected chi connectivity index (χ2v) is 5.85. The number of urea groups is 1. The number of carbonyl (C=O) groups excluding carboxylic acids is 1. The van der Waals surface area contributed by atoms with Gasteiger partial charge in [-0.1, -0.05) is 19.1 Å². The highest BCUT2D eigenvalue weighted by atomic mass is 16.5. The Labute approximate surface area is 132 Å². The minimum atomic E-state index is -0.148. The number of hydrogen-bond acceptors (Lipinski definition) is 3. The van der Waals surface area contributed by atoms with Gasteiger partial charge in [0.15, 0.2) is 0 Å². The van der Waals surface area contributed by atoms with Gasteiger partial charge in [-0.25, -0.2) is 4.79 Å². The fraction of sp³-hybridized carbons (Fsp3) is 0.588. The van der Waals surface area contributed by atoms with Crippen molar-refractivity contribution in [3.8, 4) is 5.75 Å². The number of ether oxygens (including phenoxy) is 2. The highest BCUT2D eigenvalue weighted by Gasteiger charge is 2.19. The minimum absolute atomic E-state index is 0.106. The van der Waals surface area contributed by atoms with Crippen LogP contribution in [-0.2, 0) is 11.3 Å². The maximum absolute atomic E-state index is 11.8. The third-order valence-corrected chi connectivity index (χ3v) is 3.83. The number of carbonyl (C=O) groups is 1. The molecule has 0 spiro atoms. The zero-order valence-corrected chi connectivity index (χ0v) is 13.6. The van der Waals surface area contributed by atoms with Gasteiger partial charge in [0.05, 0.1) is 13.2 Å². The predicted octanol–water partition coefficient (Wildman–Crippen LogP) is 2.76. The van der Waals surface area contributed by atoms with E-state index in [1.807, 2.05) is 39.0 Å². The lowest BCUT2D eigenvalue weighted by atomic mass is 10.1. The van der Waals surface area contributed by atoms with Crippen LogP contribution in [0.2, 0.25) is 0 Å². The molecule has 122 valence electrons. The summed E-state index contributed by atoms with van der Waals surface area (Å²) in [6.07, 6.45) is 1.93. The summed E-state index contributed by atoms with van der Waals surface area (Å²) in [7, 11) is 0. The van der Waals surface area contributed by atoms with Crippen molar-refractivity contribution in [2.45, 2.75) is 52.3 Å². The Morgan fingerprint density at radius 2 is 2.32 bits per heavy atom. The second kappa shape index (κ2) is 8.03. The summed E-state index contributed by atoms with van der Waals surface area (Å²) in [6.45, 7) is 7.90. The summed E-state index contributed by atoms with van der Waals surface area (Å²) in [5.74, 6) is 0.833. The van der Waals surface area contributed by atoms with Crippen LogP contribution in [0.1, 0.15) is 37.8 Å². The normalized spacial score (nSPS) is 18.8. The van der Waals surface area contributed by atoms with Crippen LogP contribution in [0.25, 0.3) is 0 Å². The number of aryl methyl sites for hydroxylation is 1. The third kappa shape index (κ3) is 4.91. The number of rotatable bonds is 6. The summed E-state index contributed by atoms with van der Waals surface area (Å²) in [4.78, 5) is 11.8. The SMILES string of the molecule is CC[C@H](C)NC(=O)NCc1ccc(C)cc1O[C@H]1CCOC1. The zero-order valence-electron chi connectivity index (χ0n) is 13.6. The summed E-state index contributed by atoms with van der Waals surface area (Å²) in [6, 6.07) is 6.07. The van der Waals surface area contributed by atoms with E-state index in [2.05, 4.69) is 10.6 Å². The van der Waals surface area contributed by atoms with Gasteiger partial charge >= 0.3 is 6.03 Å². The first-order valence-electron chi connectivity index (χ1n) is 7.96. The molecule has 1 heterocycles. The summed E-state index contributed by atoms with van der Waals surface area (Å²) >= 11 is 0. The zero-order chi connectivity index (χ0) is 15.9. The molecular formula is C17H26N2O3. The Balaban J connectivity index is 1.95. The Morgan fingerprint density at radius 1 is 1.50 bits per heavy atom. The van der Waals surface area contributed by atoms with Crippen molar-refractivity contribution in [2.24, 2.45) is 0 Å². The van der Waals surface area contributed by atoms with E-state index < -0.39 is 0 Å². The van der Waals surface area contributed by atoms with Crippen molar-refractivity contribution in [1.82, 2.24) is 10.6 Å². The minimum Gasteiger partial charge on any atom is -0.488 e. The Bertz CT molecular complexity index is 499. The van der Waals surface area contributed by atoms with Crippen LogP contribution in [0.5, 0.6) is 5.75 Å². The predicted molar refractivity (Wildman–Crippen MR) is 86.2 cm³/mol. The molecule has 2 N–H and O–H groups in total. The summed E-state index contributed by atoms with van der Waals surface area (Å²) in [5, 5.41) is 5.78. The van der Waals surface area contributed by atoms with Crippen molar-refractivity contribution in [1.29, 1.82) is 0 Å². The first kappa shape index (κ1) is 16.6. The molecule has 5 heteroatoms. The molecule has 1 aliphatic rings. The molecule has 0 unspecified atom stereocenters. The number of hydrogen-bond donors (Lipinski definition) is 2. The van der Waals surface area contributed by atoms with Crippen molar-refractivity contribution < 1.29 is 14.3 Å². The third-order valence-electron chi connectivity index (χ3n) is 3.83. The van der Waals surface area contributed by atoms with Gasteiger partial charge in [-0.05, 0) is 31.9 Å². The van der Waals surface area contributed by atoms with Gasteiger partial charge < -0.3 is 20.1 Å². The van der Waals surface area contributed by atoms with Gasteiger partial charge in [0.25, 0.3) is 0 Å². The quantitative estimate of drug-likeness (QED) is 0.849. The van der Waals surface area contributed by atoms with Crippen LogP contribution in [0.3, 0.4) is 0 Å². The first-order valence-corrected chi connectivity index (χ1v) is 7.96. The maximum atomic E-state index is 11.8. The molecule has 0 radical (unpaired) electrons. The second-order valence-electron chi connectivity index (χ2n) is 5.85. The molecule has 0 aliphatic carbocycles. The number of nitrogens with one attached hydrogen (secondary N) is 2. The first-order chi connectivity index (χ1) is 10.6. The number of amides is 2. The van der Waals surface area contributed by atoms with E-state index in [0.717, 1.165) is 36.3 Å². The van der Waals surface area contributed by atoms with E-state index in [-0.39, 0.29) is 18.2 Å². The standard InChI is InChI=1S/C17H26N2O3/c1-4-13(3)19-17(20)18-10-14-6-5-12(2)9-16(14)22-15-7-8-21-11-15/h5-6,9,13,15H,4,7-8,10-11H2,1-3H3,(H2,18,19,20)/t13-,15-/m0/s1. The molecule has 2 rings (SSSR count). The van der Waals surface area contributed by atoms with Gasteiger partial charge in [0, 0.05) is 24.6 Å². The maximum Gasteiger partial charge on any atom is 0.315 e. The van der Waals surface area contributed by atoms with Crippen LogP contribution >= 0.6 is 0 Å². The molecule has 0 saturated carbocycles. The van der Waals surface area contributed by atoms with Crippen LogP contribution < -0.4 is 15.4 Å². The van der Waals surface area contributed by atoms with E-state index >= 15 is 0 Å². The highest BCUT2D eigenvalue weighted by Crippen LogP contribution is 2.23. The molecule has 0 bridgehead atoms. The van der Waals surface area contributed by atoms with E-state index in [0.29, 0.717) is 13.2 Å². The lowest BCUT2D eigenvalue weighted by molar-refractivity contribution is 0.140. The van der Waals surface area contributed by atoms with Gasteiger partial charge in [0.1, 0.15) is 11.9 Å². The fourth-order valence-corrected chi connectivity index (χ4v) is 2.26. The molecule has 5 nitrogen and oxygen atoms in total. The van der Waals surface area contributed by atoms with E-state index in [1.165, 1.54) is 0 Å². The Morgan fingerprint density at radius 3 is 3.00 bits per heavy atom. The van der Waals surface area contributed by atoms with Crippen molar-refractivity contribution in [3.63, 3.8) is 0 Å². The molecule has 1 aromatic rings. The monoisotopic (exact) mass is 306 g/mol. The Kier molecular flexibility index (Phi) is 6.07. The fourth-order valence-electron chi connectivity index (χ4n) is 2.26. The summed E-state index contributed by atoms with van der Waals surface area (Å²) < 4.78 is 11.4. The molecule has 2 amide bonds. The van der Waals surface area contributed by atoms with E-state index in [1.54, 1.807) is 0 Å². The van der Waals surface area contributed by atoms with Gasteiger partial charge in [-0.3, -0.25) is 0 Å². The smallest absolute Gasteiger partial charge is 0.315 e. The van der Waals surface area contributed by atoms with Crippen molar-refractivity contribution in [2.75, 3.05) is 13.2 Å². The Hall–Kier alpha value is -1.75. The average Bonchev–Trinajstić information content (AvgIpc) is 2.99. The van der Waals surface area contributed by atoms with Crippen molar-refractivity contribution >= 4 is 6.03 Å². The molecule has 2 atom stereocenters. The lowest BCUT2D eigenvalue weighted by Crippen LogP contribution is -2.40. The molecular weight excluding hydrogens is 280 g/mol. The van der Waals surface area contributed by atoms with Gasteiger partial charge in [-0.15, -0.1) is 0 Å². The molecule has 1 saturated heterocycles. The van der Waals surface area contributed by atoms with E-state index in [9.17, 15) is 4.79 Å². The largest absolute Gasteiger partial charge is 0.488 e. The van der Waals surface area contributed by atoms with Gasteiger partial charge in [-0.2, -0.15) is 0 Å². The molecule has 1 aromatic carbocycles. The molecule has 1 aliphatic heterocycles.